The fourth-order valence-corrected chi connectivity index (χ4v) is 2.73. The fraction of sp³-hybridized carbons (Fsp3) is 0.562. The highest BCUT2D eigenvalue weighted by atomic mass is 16.5. The van der Waals surface area contributed by atoms with Gasteiger partial charge < -0.3 is 4.74 Å². The number of likely N-dealkylation sites (tertiary alicyclic amines) is 1. The van der Waals surface area contributed by atoms with E-state index in [4.69, 9.17) is 10.00 Å². The Morgan fingerprint density at radius 2 is 2.26 bits per heavy atom. The van der Waals surface area contributed by atoms with Crippen molar-refractivity contribution in [2.75, 3.05) is 20.2 Å². The van der Waals surface area contributed by atoms with E-state index in [-0.39, 0.29) is 0 Å². The summed E-state index contributed by atoms with van der Waals surface area (Å²) in [4.78, 5) is 2.49. The molecule has 1 saturated heterocycles. The van der Waals surface area contributed by atoms with Crippen molar-refractivity contribution in [3.8, 4) is 11.8 Å². The maximum absolute atomic E-state index is 8.98. The van der Waals surface area contributed by atoms with Gasteiger partial charge in [0, 0.05) is 13.1 Å². The molecule has 102 valence electrons. The van der Waals surface area contributed by atoms with E-state index >= 15 is 0 Å². The number of hydrogen-bond donors (Lipinski definition) is 0. The number of benzene rings is 1. The second kappa shape index (κ2) is 6.08. The molecule has 0 spiro atoms. The molecule has 0 N–H and O–H groups in total. The topological polar surface area (TPSA) is 36.3 Å². The van der Waals surface area contributed by atoms with Gasteiger partial charge in [0.05, 0.1) is 12.7 Å². The lowest BCUT2D eigenvalue weighted by molar-refractivity contribution is 0.296. The Labute approximate surface area is 115 Å². The van der Waals surface area contributed by atoms with Gasteiger partial charge in [0.15, 0.2) is 0 Å². The standard InChI is InChI=1S/C16H22N2O/c1-12(2)15-6-7-18(11-15)10-13-4-5-14(9-17)16(8-13)19-3/h4-5,8,12,15H,6-7,10-11H2,1-3H3. The molecule has 1 aliphatic heterocycles. The molecule has 1 aromatic rings. The molecule has 0 radical (unpaired) electrons. The van der Waals surface area contributed by atoms with Crippen LogP contribution in [-0.4, -0.2) is 25.1 Å². The summed E-state index contributed by atoms with van der Waals surface area (Å²) in [6.45, 7) is 7.91. The molecular formula is C16H22N2O. The van der Waals surface area contributed by atoms with Crippen LogP contribution in [0.4, 0.5) is 0 Å². The zero-order valence-electron chi connectivity index (χ0n) is 12.0. The fourth-order valence-electron chi connectivity index (χ4n) is 2.73. The summed E-state index contributed by atoms with van der Waals surface area (Å²) in [5.74, 6) is 2.26. The Morgan fingerprint density at radius 1 is 1.47 bits per heavy atom. The van der Waals surface area contributed by atoms with Crippen molar-refractivity contribution in [2.24, 2.45) is 11.8 Å². The van der Waals surface area contributed by atoms with E-state index in [1.807, 2.05) is 18.2 Å². The summed E-state index contributed by atoms with van der Waals surface area (Å²) in [5.41, 5.74) is 1.83. The van der Waals surface area contributed by atoms with Crippen LogP contribution in [0, 0.1) is 23.2 Å². The van der Waals surface area contributed by atoms with Gasteiger partial charge in [0.25, 0.3) is 0 Å². The van der Waals surface area contributed by atoms with Gasteiger partial charge in [-0.3, -0.25) is 4.90 Å². The maximum Gasteiger partial charge on any atom is 0.136 e. The summed E-state index contributed by atoms with van der Waals surface area (Å²) < 4.78 is 5.26. The van der Waals surface area contributed by atoms with Gasteiger partial charge >= 0.3 is 0 Å². The van der Waals surface area contributed by atoms with Crippen molar-refractivity contribution < 1.29 is 4.74 Å². The molecule has 19 heavy (non-hydrogen) atoms. The summed E-state index contributed by atoms with van der Waals surface area (Å²) in [6, 6.07) is 8.02. The van der Waals surface area contributed by atoms with E-state index in [1.54, 1.807) is 7.11 Å². The molecule has 2 rings (SSSR count). The highest BCUT2D eigenvalue weighted by Crippen LogP contribution is 2.26. The molecule has 1 aromatic carbocycles. The van der Waals surface area contributed by atoms with Gasteiger partial charge in [-0.1, -0.05) is 19.9 Å². The number of hydrogen-bond acceptors (Lipinski definition) is 3. The minimum Gasteiger partial charge on any atom is -0.495 e. The predicted octanol–water partition coefficient (Wildman–Crippen LogP) is 3.04. The van der Waals surface area contributed by atoms with Crippen LogP contribution in [-0.2, 0) is 6.54 Å². The van der Waals surface area contributed by atoms with E-state index in [2.05, 4.69) is 24.8 Å². The van der Waals surface area contributed by atoms with Gasteiger partial charge in [-0.15, -0.1) is 0 Å². The molecule has 1 unspecified atom stereocenters. The molecule has 1 fully saturated rings. The monoisotopic (exact) mass is 258 g/mol. The normalized spacial score (nSPS) is 19.6. The number of ether oxygens (including phenoxy) is 1. The number of nitrogens with zero attached hydrogens (tertiary/aromatic N) is 2. The molecule has 3 heteroatoms. The van der Waals surface area contributed by atoms with Gasteiger partial charge in [0.2, 0.25) is 0 Å². The molecule has 3 nitrogen and oxygen atoms in total. The third kappa shape index (κ3) is 3.27. The lowest BCUT2D eigenvalue weighted by atomic mass is 9.95. The van der Waals surface area contributed by atoms with Gasteiger partial charge in [0.1, 0.15) is 11.8 Å². The molecule has 0 bridgehead atoms. The van der Waals surface area contributed by atoms with Crippen LogP contribution in [0.5, 0.6) is 5.75 Å². The summed E-state index contributed by atoms with van der Waals surface area (Å²) >= 11 is 0. The van der Waals surface area contributed by atoms with Crippen LogP contribution < -0.4 is 4.74 Å². The molecule has 1 heterocycles. The first kappa shape index (κ1) is 13.9. The second-order valence-corrected chi connectivity index (χ2v) is 5.67. The highest BCUT2D eigenvalue weighted by molar-refractivity contribution is 5.45. The van der Waals surface area contributed by atoms with Crippen LogP contribution in [0.1, 0.15) is 31.4 Å². The van der Waals surface area contributed by atoms with Crippen molar-refractivity contribution in [3.05, 3.63) is 29.3 Å². The highest BCUT2D eigenvalue weighted by Gasteiger charge is 2.24. The molecule has 0 aliphatic carbocycles. The lowest BCUT2D eigenvalue weighted by Gasteiger charge is -2.18. The van der Waals surface area contributed by atoms with Crippen LogP contribution in [0.25, 0.3) is 0 Å². The van der Waals surface area contributed by atoms with Crippen molar-refractivity contribution in [2.45, 2.75) is 26.8 Å². The molecule has 0 aromatic heterocycles. The van der Waals surface area contributed by atoms with Crippen LogP contribution in [0.15, 0.2) is 18.2 Å². The Balaban J connectivity index is 2.03. The molecule has 1 atom stereocenters. The molecular weight excluding hydrogens is 236 g/mol. The van der Waals surface area contributed by atoms with Crippen molar-refractivity contribution >= 4 is 0 Å². The number of methoxy groups -OCH3 is 1. The average Bonchev–Trinajstić information content (AvgIpc) is 2.87. The first-order chi connectivity index (χ1) is 9.13. The maximum atomic E-state index is 8.98. The quantitative estimate of drug-likeness (QED) is 0.833. The minimum absolute atomic E-state index is 0.604. The molecule has 1 aliphatic rings. The van der Waals surface area contributed by atoms with Crippen LogP contribution in [0.3, 0.4) is 0 Å². The molecule has 0 saturated carbocycles. The zero-order chi connectivity index (χ0) is 13.8. The Morgan fingerprint density at radius 3 is 2.84 bits per heavy atom. The minimum atomic E-state index is 0.604. The zero-order valence-corrected chi connectivity index (χ0v) is 12.0. The molecule has 0 amide bonds. The second-order valence-electron chi connectivity index (χ2n) is 5.67. The Bertz CT molecular complexity index is 476. The summed E-state index contributed by atoms with van der Waals surface area (Å²) in [7, 11) is 1.62. The largest absolute Gasteiger partial charge is 0.495 e. The first-order valence-corrected chi connectivity index (χ1v) is 6.93. The van der Waals surface area contributed by atoms with Crippen LogP contribution in [0.2, 0.25) is 0 Å². The third-order valence-electron chi connectivity index (χ3n) is 4.04. The summed E-state index contributed by atoms with van der Waals surface area (Å²) in [6.07, 6.45) is 1.30. The Kier molecular flexibility index (Phi) is 4.44. The van der Waals surface area contributed by atoms with E-state index in [0.717, 1.165) is 18.4 Å². The van der Waals surface area contributed by atoms with Gasteiger partial charge in [-0.05, 0) is 42.5 Å². The first-order valence-electron chi connectivity index (χ1n) is 6.93. The predicted molar refractivity (Wildman–Crippen MR) is 75.9 cm³/mol. The van der Waals surface area contributed by atoms with Gasteiger partial charge in [-0.25, -0.2) is 0 Å². The summed E-state index contributed by atoms with van der Waals surface area (Å²) in [5, 5.41) is 8.98. The average molecular weight is 258 g/mol. The lowest BCUT2D eigenvalue weighted by Crippen LogP contribution is -2.21. The van der Waals surface area contributed by atoms with Crippen LogP contribution >= 0.6 is 0 Å². The van der Waals surface area contributed by atoms with Gasteiger partial charge in [-0.2, -0.15) is 5.26 Å². The van der Waals surface area contributed by atoms with Crippen molar-refractivity contribution in [1.29, 1.82) is 5.26 Å². The van der Waals surface area contributed by atoms with Crippen molar-refractivity contribution in [1.82, 2.24) is 4.90 Å². The SMILES string of the molecule is COc1cc(CN2CCC(C(C)C)C2)ccc1C#N. The Hall–Kier alpha value is -1.53. The number of nitriles is 1. The van der Waals surface area contributed by atoms with E-state index in [1.165, 1.54) is 25.1 Å². The smallest absolute Gasteiger partial charge is 0.136 e. The third-order valence-corrected chi connectivity index (χ3v) is 4.04. The van der Waals surface area contributed by atoms with E-state index in [9.17, 15) is 0 Å². The van der Waals surface area contributed by atoms with E-state index in [0.29, 0.717) is 11.3 Å². The van der Waals surface area contributed by atoms with E-state index < -0.39 is 0 Å². The van der Waals surface area contributed by atoms with Crippen molar-refractivity contribution in [3.63, 3.8) is 0 Å². The number of rotatable bonds is 4.